The number of aryl methyl sites for hydroxylation is 3. The molecule has 5 aromatic rings. The van der Waals surface area contributed by atoms with Gasteiger partial charge in [-0.1, -0.05) is 48.0 Å². The highest BCUT2D eigenvalue weighted by Gasteiger charge is 2.24. The van der Waals surface area contributed by atoms with Gasteiger partial charge in [0.25, 0.3) is 5.91 Å². The highest BCUT2D eigenvalue weighted by Crippen LogP contribution is 2.29. The van der Waals surface area contributed by atoms with Crippen molar-refractivity contribution < 1.29 is 4.79 Å². The molecule has 3 aromatic carbocycles. The molecule has 0 spiro atoms. The number of hydrogen-bond donors (Lipinski definition) is 2. The van der Waals surface area contributed by atoms with Crippen LogP contribution in [-0.4, -0.2) is 26.8 Å². The average molecular weight is 449 g/mol. The normalized spacial score (nSPS) is 11.5. The van der Waals surface area contributed by atoms with Crippen LogP contribution in [0.3, 0.4) is 0 Å². The number of fused-ring (bicyclic) bond motifs is 2. The van der Waals surface area contributed by atoms with Crippen LogP contribution in [0, 0.1) is 20.8 Å². The molecule has 0 unspecified atom stereocenters. The molecule has 7 nitrogen and oxygen atoms in total. The molecule has 2 heterocycles. The summed E-state index contributed by atoms with van der Waals surface area (Å²) in [5, 5.41) is 7.54. The van der Waals surface area contributed by atoms with Crippen molar-refractivity contribution in [2.75, 3.05) is 11.1 Å². The zero-order valence-electron chi connectivity index (χ0n) is 19.2. The molecule has 0 bridgehead atoms. The first-order valence-corrected chi connectivity index (χ1v) is 11.0. The second kappa shape index (κ2) is 8.44. The Bertz CT molecular complexity index is 1580. The van der Waals surface area contributed by atoms with Crippen LogP contribution in [0.2, 0.25) is 0 Å². The highest BCUT2D eigenvalue weighted by molar-refractivity contribution is 6.16. The molecule has 0 fully saturated rings. The van der Waals surface area contributed by atoms with Crippen molar-refractivity contribution in [3.63, 3.8) is 0 Å². The lowest BCUT2D eigenvalue weighted by Crippen LogP contribution is -2.14. The molecule has 2 aromatic heterocycles. The quantitative estimate of drug-likeness (QED) is 0.368. The van der Waals surface area contributed by atoms with E-state index in [0.29, 0.717) is 27.9 Å². The first-order valence-electron chi connectivity index (χ1n) is 11.0. The predicted octanol–water partition coefficient (Wildman–Crippen LogP) is 5.23. The molecular formula is C27H24N6O. The number of carbonyl (C=O) groups is 1. The number of nitrogens with zero attached hydrogens (tertiary/aromatic N) is 4. The summed E-state index contributed by atoms with van der Waals surface area (Å²) in [7, 11) is 0. The van der Waals surface area contributed by atoms with E-state index in [2.05, 4.69) is 10.4 Å². The van der Waals surface area contributed by atoms with Crippen molar-refractivity contribution in [3.05, 3.63) is 94.5 Å². The van der Waals surface area contributed by atoms with Gasteiger partial charge in [-0.2, -0.15) is 9.78 Å². The van der Waals surface area contributed by atoms with Crippen LogP contribution in [-0.2, 0) is 0 Å². The zero-order valence-corrected chi connectivity index (χ0v) is 19.2. The molecule has 0 saturated carbocycles. The van der Waals surface area contributed by atoms with E-state index in [4.69, 9.17) is 15.7 Å². The molecule has 168 valence electrons. The summed E-state index contributed by atoms with van der Waals surface area (Å²) in [6.07, 6.45) is 1.70. The van der Waals surface area contributed by atoms with Crippen LogP contribution in [0.1, 0.15) is 32.6 Å². The second-order valence-corrected chi connectivity index (χ2v) is 8.45. The number of nitrogen functional groups attached to an aromatic ring is 1. The summed E-state index contributed by atoms with van der Waals surface area (Å²) in [4.78, 5) is 22.9. The Hall–Kier alpha value is -4.52. The van der Waals surface area contributed by atoms with E-state index in [1.54, 1.807) is 6.21 Å². The Kier molecular flexibility index (Phi) is 5.30. The third kappa shape index (κ3) is 3.99. The van der Waals surface area contributed by atoms with Crippen molar-refractivity contribution in [1.29, 1.82) is 0 Å². The summed E-state index contributed by atoms with van der Waals surface area (Å²) >= 11 is 0. The number of carbonyl (C=O) groups excluding carboxylic acids is 1. The number of nitrogens with two attached hydrogens (primary N) is 1. The Morgan fingerprint density at radius 3 is 2.32 bits per heavy atom. The average Bonchev–Trinajstić information content (AvgIpc) is 3.05. The van der Waals surface area contributed by atoms with Gasteiger partial charge in [-0.25, -0.2) is 9.97 Å². The summed E-state index contributed by atoms with van der Waals surface area (Å²) in [5.74, 6) is -0.183. The molecule has 1 amide bonds. The molecule has 34 heavy (non-hydrogen) atoms. The lowest BCUT2D eigenvalue weighted by atomic mass is 10.1. The van der Waals surface area contributed by atoms with Crippen LogP contribution in [0.4, 0.5) is 11.5 Å². The van der Waals surface area contributed by atoms with Gasteiger partial charge in [0, 0.05) is 5.69 Å². The molecule has 5 rings (SSSR count). The van der Waals surface area contributed by atoms with Crippen molar-refractivity contribution in [1.82, 2.24) is 14.6 Å². The van der Waals surface area contributed by atoms with E-state index in [-0.39, 0.29) is 17.3 Å². The third-order valence-corrected chi connectivity index (χ3v) is 5.54. The standard InChI is InChI=1S/C27H24N6O/c1-16-7-6-8-19(12-16)15-29-33-25(28)23(27(34)30-20-13-17(2)11-18(3)14-20)24-26(33)32-22-10-5-4-9-21(22)31-24/h4-15H,28H2,1-3H3,(H,30,34)/b29-15-. The molecule has 7 heteroatoms. The molecule has 0 saturated heterocycles. The Morgan fingerprint density at radius 2 is 1.62 bits per heavy atom. The molecule has 0 radical (unpaired) electrons. The van der Waals surface area contributed by atoms with Crippen molar-refractivity contribution in [2.24, 2.45) is 5.10 Å². The minimum absolute atomic E-state index is 0.177. The molecule has 0 aliphatic carbocycles. The van der Waals surface area contributed by atoms with Gasteiger partial charge in [-0.3, -0.25) is 4.79 Å². The molecule has 3 N–H and O–H groups in total. The number of hydrogen-bond acceptors (Lipinski definition) is 5. The lowest BCUT2D eigenvalue weighted by molar-refractivity contribution is 0.102. The predicted molar refractivity (Wildman–Crippen MR) is 137 cm³/mol. The van der Waals surface area contributed by atoms with Crippen LogP contribution in [0.15, 0.2) is 71.8 Å². The minimum atomic E-state index is -0.360. The SMILES string of the molecule is Cc1cccc(/C=N\n2c(N)c(C(=O)Nc3cc(C)cc(C)c3)c3nc4ccccc4nc32)c1. The molecule has 0 atom stereocenters. The summed E-state index contributed by atoms with van der Waals surface area (Å²) in [5.41, 5.74) is 13.8. The van der Waals surface area contributed by atoms with E-state index in [0.717, 1.165) is 22.3 Å². The molecule has 0 aliphatic rings. The summed E-state index contributed by atoms with van der Waals surface area (Å²) < 4.78 is 1.48. The first-order chi connectivity index (χ1) is 16.4. The number of nitrogens with one attached hydrogen (secondary N) is 1. The first kappa shape index (κ1) is 21.3. The van der Waals surface area contributed by atoms with Gasteiger partial charge in [0.1, 0.15) is 16.9 Å². The van der Waals surface area contributed by atoms with Crippen molar-refractivity contribution in [2.45, 2.75) is 20.8 Å². The van der Waals surface area contributed by atoms with Crippen LogP contribution < -0.4 is 11.1 Å². The van der Waals surface area contributed by atoms with Crippen molar-refractivity contribution >= 4 is 45.8 Å². The monoisotopic (exact) mass is 448 g/mol. The Balaban J connectivity index is 1.66. The Labute approximate surface area is 197 Å². The maximum atomic E-state index is 13.4. The maximum Gasteiger partial charge on any atom is 0.261 e. The number of benzene rings is 3. The topological polar surface area (TPSA) is 98.2 Å². The van der Waals surface area contributed by atoms with E-state index >= 15 is 0 Å². The second-order valence-electron chi connectivity index (χ2n) is 8.45. The van der Waals surface area contributed by atoms with E-state index in [1.807, 2.05) is 87.5 Å². The van der Waals surface area contributed by atoms with Crippen LogP contribution >= 0.6 is 0 Å². The van der Waals surface area contributed by atoms with Gasteiger partial charge in [0.2, 0.25) is 0 Å². The van der Waals surface area contributed by atoms with Gasteiger partial charge in [-0.15, -0.1) is 0 Å². The fourth-order valence-corrected chi connectivity index (χ4v) is 4.10. The van der Waals surface area contributed by atoms with Gasteiger partial charge in [0.15, 0.2) is 5.65 Å². The van der Waals surface area contributed by atoms with Crippen molar-refractivity contribution in [3.8, 4) is 0 Å². The van der Waals surface area contributed by atoms with Crippen LogP contribution in [0.5, 0.6) is 0 Å². The highest BCUT2D eigenvalue weighted by atomic mass is 16.1. The van der Waals surface area contributed by atoms with E-state index < -0.39 is 0 Å². The fourth-order valence-electron chi connectivity index (χ4n) is 4.10. The molecule has 0 aliphatic heterocycles. The summed E-state index contributed by atoms with van der Waals surface area (Å²) in [6.45, 7) is 5.99. The number of amides is 1. The Morgan fingerprint density at radius 1 is 0.912 bits per heavy atom. The molecular weight excluding hydrogens is 424 g/mol. The zero-order chi connectivity index (χ0) is 23.8. The van der Waals surface area contributed by atoms with Gasteiger partial charge < -0.3 is 11.1 Å². The van der Waals surface area contributed by atoms with Crippen LogP contribution in [0.25, 0.3) is 22.2 Å². The third-order valence-electron chi connectivity index (χ3n) is 5.54. The smallest absolute Gasteiger partial charge is 0.261 e. The number of anilines is 2. The number of aromatic nitrogens is 3. The van der Waals surface area contributed by atoms with Gasteiger partial charge in [0.05, 0.1) is 17.2 Å². The minimum Gasteiger partial charge on any atom is -0.383 e. The number of rotatable bonds is 4. The summed E-state index contributed by atoms with van der Waals surface area (Å²) in [6, 6.07) is 21.3. The van der Waals surface area contributed by atoms with E-state index in [9.17, 15) is 4.79 Å². The van der Waals surface area contributed by atoms with Gasteiger partial charge >= 0.3 is 0 Å². The number of para-hydroxylation sites is 2. The lowest BCUT2D eigenvalue weighted by Gasteiger charge is -2.08. The fraction of sp³-hybridized carbons (Fsp3) is 0.111. The largest absolute Gasteiger partial charge is 0.383 e. The maximum absolute atomic E-state index is 13.4. The van der Waals surface area contributed by atoms with Gasteiger partial charge in [-0.05, 0) is 61.7 Å². The van der Waals surface area contributed by atoms with E-state index in [1.165, 1.54) is 4.68 Å².